The number of carbonyl (C=O) groups excluding carboxylic acids is 1. The number of primary amides is 1. The van der Waals surface area contributed by atoms with Crippen LogP contribution in [0.2, 0.25) is 0 Å². The summed E-state index contributed by atoms with van der Waals surface area (Å²) in [5.41, 5.74) is 4.44. The molecule has 2 aromatic heterocycles. The maximum atomic E-state index is 12.3. The van der Waals surface area contributed by atoms with Crippen LogP contribution in [0.5, 0.6) is 0 Å². The van der Waals surface area contributed by atoms with Gasteiger partial charge in [0, 0.05) is 6.20 Å². The average Bonchev–Trinajstić information content (AvgIpc) is 2.77. The fourth-order valence-electron chi connectivity index (χ4n) is 1.35. The van der Waals surface area contributed by atoms with Crippen molar-refractivity contribution in [3.8, 4) is 0 Å². The molecule has 0 atom stereocenters. The lowest BCUT2D eigenvalue weighted by Gasteiger charge is -2.07. The Morgan fingerprint density at radius 2 is 2.11 bits per heavy atom. The van der Waals surface area contributed by atoms with Crippen LogP contribution in [-0.4, -0.2) is 21.1 Å². The third-order valence-corrected chi connectivity index (χ3v) is 2.22. The van der Waals surface area contributed by atoms with E-state index in [0.29, 0.717) is 0 Å². The molecule has 0 spiro atoms. The number of amides is 1. The lowest BCUT2D eigenvalue weighted by molar-refractivity contribution is -0.141. The van der Waals surface area contributed by atoms with Crippen molar-refractivity contribution in [3.63, 3.8) is 0 Å². The molecule has 0 aliphatic rings. The standard InChI is InChI=1S/C10H8F3N5O/c11-10(12,13)7-2-1-5(3-15-7)17-9-6(8(14)19)4-16-18-9/h1-4H,(H2,14,19)(H2,16,17,18). The summed E-state index contributed by atoms with van der Waals surface area (Å²) in [5.74, 6) is -0.592. The predicted molar refractivity (Wildman–Crippen MR) is 59.6 cm³/mol. The van der Waals surface area contributed by atoms with Gasteiger partial charge in [-0.05, 0) is 12.1 Å². The fraction of sp³-hybridized carbons (Fsp3) is 0.100. The van der Waals surface area contributed by atoms with Crippen LogP contribution in [0.1, 0.15) is 16.1 Å². The van der Waals surface area contributed by atoms with Gasteiger partial charge < -0.3 is 11.1 Å². The maximum Gasteiger partial charge on any atom is 0.433 e. The van der Waals surface area contributed by atoms with Crippen molar-refractivity contribution in [2.45, 2.75) is 6.18 Å². The van der Waals surface area contributed by atoms with Gasteiger partial charge >= 0.3 is 6.18 Å². The Morgan fingerprint density at radius 1 is 1.37 bits per heavy atom. The molecule has 2 aromatic rings. The number of anilines is 2. The van der Waals surface area contributed by atoms with Gasteiger partial charge in [0.25, 0.3) is 5.91 Å². The molecule has 0 bridgehead atoms. The lowest BCUT2D eigenvalue weighted by atomic mass is 10.3. The quantitative estimate of drug-likeness (QED) is 0.791. The summed E-state index contributed by atoms with van der Waals surface area (Å²) in [6, 6.07) is 1.99. The highest BCUT2D eigenvalue weighted by atomic mass is 19.4. The van der Waals surface area contributed by atoms with Crippen LogP contribution in [0.25, 0.3) is 0 Å². The Balaban J connectivity index is 2.20. The molecule has 9 heteroatoms. The largest absolute Gasteiger partial charge is 0.433 e. The average molecular weight is 271 g/mol. The molecular formula is C10H8F3N5O. The third kappa shape index (κ3) is 2.81. The van der Waals surface area contributed by atoms with E-state index in [2.05, 4.69) is 20.5 Å². The molecule has 2 rings (SSSR count). The van der Waals surface area contributed by atoms with E-state index in [0.717, 1.165) is 12.3 Å². The zero-order chi connectivity index (χ0) is 14.0. The number of pyridine rings is 1. The zero-order valence-corrected chi connectivity index (χ0v) is 9.32. The van der Waals surface area contributed by atoms with Crippen molar-refractivity contribution in [1.82, 2.24) is 15.2 Å². The Bertz CT molecular complexity index is 590. The van der Waals surface area contributed by atoms with Gasteiger partial charge in [-0.3, -0.25) is 9.89 Å². The normalized spacial score (nSPS) is 11.3. The Kier molecular flexibility index (Phi) is 3.11. The Morgan fingerprint density at radius 3 is 2.63 bits per heavy atom. The molecule has 4 N–H and O–H groups in total. The van der Waals surface area contributed by atoms with Crippen LogP contribution in [-0.2, 0) is 6.18 Å². The molecule has 1 amide bonds. The molecule has 0 radical (unpaired) electrons. The molecule has 6 nitrogen and oxygen atoms in total. The summed E-state index contributed by atoms with van der Waals surface area (Å²) < 4.78 is 36.9. The number of alkyl halides is 3. The van der Waals surface area contributed by atoms with Crippen molar-refractivity contribution in [3.05, 3.63) is 35.8 Å². The van der Waals surface area contributed by atoms with Crippen LogP contribution in [0.15, 0.2) is 24.5 Å². The number of carbonyl (C=O) groups is 1. The minimum Gasteiger partial charge on any atom is -0.365 e. The van der Waals surface area contributed by atoms with Crippen LogP contribution in [0.3, 0.4) is 0 Å². The molecule has 100 valence electrons. The first-order chi connectivity index (χ1) is 8.88. The van der Waals surface area contributed by atoms with Crippen LogP contribution >= 0.6 is 0 Å². The lowest BCUT2D eigenvalue weighted by Crippen LogP contribution is -2.12. The molecular weight excluding hydrogens is 263 g/mol. The van der Waals surface area contributed by atoms with Gasteiger partial charge in [0.15, 0.2) is 5.82 Å². The highest BCUT2D eigenvalue weighted by molar-refractivity contribution is 5.97. The predicted octanol–water partition coefficient (Wildman–Crippen LogP) is 1.67. The van der Waals surface area contributed by atoms with Crippen molar-refractivity contribution >= 4 is 17.4 Å². The van der Waals surface area contributed by atoms with Crippen LogP contribution in [0, 0.1) is 0 Å². The van der Waals surface area contributed by atoms with Crippen molar-refractivity contribution < 1.29 is 18.0 Å². The molecule has 2 heterocycles. The fourth-order valence-corrected chi connectivity index (χ4v) is 1.35. The molecule has 0 fully saturated rings. The topological polar surface area (TPSA) is 96.7 Å². The SMILES string of the molecule is NC(=O)c1c[nH]nc1Nc1ccc(C(F)(F)F)nc1. The number of H-pyrrole nitrogens is 1. The number of aromatic amines is 1. The molecule has 0 unspecified atom stereocenters. The first-order valence-corrected chi connectivity index (χ1v) is 5.02. The van der Waals surface area contributed by atoms with Gasteiger partial charge in [-0.2, -0.15) is 18.3 Å². The van der Waals surface area contributed by atoms with Crippen molar-refractivity contribution in [2.24, 2.45) is 5.73 Å². The first kappa shape index (κ1) is 12.9. The summed E-state index contributed by atoms with van der Waals surface area (Å²) >= 11 is 0. The monoisotopic (exact) mass is 271 g/mol. The van der Waals surface area contributed by atoms with E-state index in [1.165, 1.54) is 12.3 Å². The number of aromatic nitrogens is 3. The minimum absolute atomic E-state index is 0.0971. The highest BCUT2D eigenvalue weighted by Gasteiger charge is 2.32. The van der Waals surface area contributed by atoms with Crippen molar-refractivity contribution in [1.29, 1.82) is 0 Å². The third-order valence-electron chi connectivity index (χ3n) is 2.22. The van der Waals surface area contributed by atoms with Crippen molar-refractivity contribution in [2.75, 3.05) is 5.32 Å². The summed E-state index contributed by atoms with van der Waals surface area (Å²) in [7, 11) is 0. The summed E-state index contributed by atoms with van der Waals surface area (Å²) in [6.07, 6.45) is -2.23. The van der Waals surface area contributed by atoms with E-state index < -0.39 is 17.8 Å². The molecule has 0 saturated heterocycles. The van der Waals surface area contributed by atoms with E-state index in [1.807, 2.05) is 0 Å². The van der Waals surface area contributed by atoms with Crippen LogP contribution < -0.4 is 11.1 Å². The van der Waals surface area contributed by atoms with Gasteiger partial charge in [-0.15, -0.1) is 0 Å². The second kappa shape index (κ2) is 4.59. The molecule has 0 aliphatic carbocycles. The van der Waals surface area contributed by atoms with E-state index in [4.69, 9.17) is 5.73 Å². The second-order valence-corrected chi connectivity index (χ2v) is 3.57. The van der Waals surface area contributed by atoms with Gasteiger partial charge in [0.05, 0.1) is 11.9 Å². The number of nitrogens with two attached hydrogens (primary N) is 1. The van der Waals surface area contributed by atoms with Gasteiger partial charge in [0.2, 0.25) is 0 Å². The van der Waals surface area contributed by atoms with Crippen LogP contribution in [0.4, 0.5) is 24.7 Å². The first-order valence-electron chi connectivity index (χ1n) is 5.02. The van der Waals surface area contributed by atoms with E-state index in [1.54, 1.807) is 0 Å². The minimum atomic E-state index is -4.50. The van der Waals surface area contributed by atoms with Gasteiger partial charge in [0.1, 0.15) is 11.3 Å². The molecule has 19 heavy (non-hydrogen) atoms. The Labute approximate surface area is 104 Å². The number of nitrogens with zero attached hydrogens (tertiary/aromatic N) is 2. The molecule has 0 aromatic carbocycles. The number of hydrogen-bond acceptors (Lipinski definition) is 4. The van der Waals surface area contributed by atoms with E-state index >= 15 is 0 Å². The summed E-state index contributed by atoms with van der Waals surface area (Å²) in [5, 5.41) is 8.78. The number of nitrogens with one attached hydrogen (secondary N) is 2. The Hall–Kier alpha value is -2.58. The maximum absolute atomic E-state index is 12.3. The van der Waals surface area contributed by atoms with E-state index in [9.17, 15) is 18.0 Å². The highest BCUT2D eigenvalue weighted by Crippen LogP contribution is 2.28. The summed E-state index contributed by atoms with van der Waals surface area (Å²) in [4.78, 5) is 14.3. The number of hydrogen-bond donors (Lipinski definition) is 3. The summed E-state index contributed by atoms with van der Waals surface area (Å²) in [6.45, 7) is 0. The zero-order valence-electron chi connectivity index (χ0n) is 9.32. The second-order valence-electron chi connectivity index (χ2n) is 3.57. The van der Waals surface area contributed by atoms with E-state index in [-0.39, 0.29) is 17.1 Å². The molecule has 0 saturated carbocycles. The number of halogens is 3. The molecule has 0 aliphatic heterocycles. The van der Waals surface area contributed by atoms with Gasteiger partial charge in [-0.25, -0.2) is 4.98 Å². The van der Waals surface area contributed by atoms with Gasteiger partial charge in [-0.1, -0.05) is 0 Å². The smallest absolute Gasteiger partial charge is 0.365 e. The number of rotatable bonds is 3.